The van der Waals surface area contributed by atoms with Crippen LogP contribution in [0.25, 0.3) is 0 Å². The Bertz CT molecular complexity index is 597. The maximum absolute atomic E-state index is 12.1. The minimum atomic E-state index is -0.220. The molecule has 6 nitrogen and oxygen atoms in total. The van der Waals surface area contributed by atoms with Crippen molar-refractivity contribution in [2.45, 2.75) is 51.1 Å². The molecular weight excluding hydrogens is 354 g/mol. The SMILES string of the molecule is CCOc1ccc(NC(=O)CNC(=O)CC2CC3CCC(C2)N3)cc1.Cl. The predicted molar refractivity (Wildman–Crippen MR) is 104 cm³/mol. The Morgan fingerprint density at radius 3 is 2.38 bits per heavy atom. The van der Waals surface area contributed by atoms with Gasteiger partial charge in [-0.25, -0.2) is 0 Å². The molecule has 0 aliphatic carbocycles. The van der Waals surface area contributed by atoms with Crippen molar-refractivity contribution < 1.29 is 14.3 Å². The largest absolute Gasteiger partial charge is 0.494 e. The highest BCUT2D eigenvalue weighted by atomic mass is 35.5. The fraction of sp³-hybridized carbons (Fsp3) is 0.579. The number of carbonyl (C=O) groups excluding carboxylic acids is 2. The zero-order valence-electron chi connectivity index (χ0n) is 15.1. The van der Waals surface area contributed by atoms with Crippen LogP contribution in [0.3, 0.4) is 0 Å². The zero-order chi connectivity index (χ0) is 17.6. The molecule has 0 saturated carbocycles. The molecule has 2 heterocycles. The number of nitrogens with one attached hydrogen (secondary N) is 3. The van der Waals surface area contributed by atoms with E-state index in [-0.39, 0.29) is 30.8 Å². The van der Waals surface area contributed by atoms with Crippen LogP contribution in [-0.2, 0) is 9.59 Å². The predicted octanol–water partition coefficient (Wildman–Crippen LogP) is 2.48. The smallest absolute Gasteiger partial charge is 0.243 e. The standard InChI is InChI=1S/C19H27N3O3.ClH/c1-2-25-17-7-5-14(6-8-17)22-19(24)12-20-18(23)11-13-9-15-3-4-16(10-13)21-15;/h5-8,13,15-16,21H,2-4,9-12H2,1H3,(H,20,23)(H,22,24);1H. The van der Waals surface area contributed by atoms with Gasteiger partial charge in [-0.05, 0) is 62.8 Å². The van der Waals surface area contributed by atoms with E-state index < -0.39 is 0 Å². The molecule has 0 radical (unpaired) electrons. The molecule has 1 aromatic carbocycles. The van der Waals surface area contributed by atoms with Gasteiger partial charge in [-0.1, -0.05) is 0 Å². The van der Waals surface area contributed by atoms with Crippen LogP contribution in [0.5, 0.6) is 5.75 Å². The molecule has 3 rings (SSSR count). The van der Waals surface area contributed by atoms with Gasteiger partial charge in [-0.3, -0.25) is 9.59 Å². The van der Waals surface area contributed by atoms with Crippen LogP contribution in [-0.4, -0.2) is 37.0 Å². The number of anilines is 1. The summed E-state index contributed by atoms with van der Waals surface area (Å²) in [6, 6.07) is 8.36. The first-order valence-electron chi connectivity index (χ1n) is 9.18. The van der Waals surface area contributed by atoms with Crippen molar-refractivity contribution in [2.75, 3.05) is 18.5 Å². The van der Waals surface area contributed by atoms with Crippen molar-refractivity contribution >= 4 is 29.9 Å². The molecule has 2 aliphatic heterocycles. The summed E-state index contributed by atoms with van der Waals surface area (Å²) < 4.78 is 5.36. The monoisotopic (exact) mass is 381 g/mol. The normalized spacial score (nSPS) is 23.7. The van der Waals surface area contributed by atoms with Gasteiger partial charge >= 0.3 is 0 Å². The molecule has 2 atom stereocenters. The highest BCUT2D eigenvalue weighted by Crippen LogP contribution is 2.32. The van der Waals surface area contributed by atoms with E-state index in [1.807, 2.05) is 19.1 Å². The summed E-state index contributed by atoms with van der Waals surface area (Å²) in [4.78, 5) is 24.1. The maximum Gasteiger partial charge on any atom is 0.243 e. The minimum Gasteiger partial charge on any atom is -0.494 e. The third kappa shape index (κ3) is 5.88. The molecule has 1 aromatic rings. The molecule has 2 aliphatic rings. The van der Waals surface area contributed by atoms with E-state index in [1.165, 1.54) is 12.8 Å². The van der Waals surface area contributed by atoms with E-state index >= 15 is 0 Å². The number of carbonyl (C=O) groups is 2. The molecule has 2 fully saturated rings. The minimum absolute atomic E-state index is 0. The molecule has 0 aromatic heterocycles. The van der Waals surface area contributed by atoms with Crippen LogP contribution in [0.1, 0.15) is 39.0 Å². The first-order chi connectivity index (χ1) is 12.1. The lowest BCUT2D eigenvalue weighted by Gasteiger charge is -2.28. The number of rotatable bonds is 7. The molecule has 144 valence electrons. The molecule has 2 bridgehead atoms. The second kappa shape index (κ2) is 9.78. The van der Waals surface area contributed by atoms with Crippen molar-refractivity contribution in [2.24, 2.45) is 5.92 Å². The van der Waals surface area contributed by atoms with Gasteiger partial charge in [0.15, 0.2) is 0 Å². The Balaban J connectivity index is 0.00000243. The number of hydrogen-bond acceptors (Lipinski definition) is 4. The Morgan fingerprint density at radius 1 is 1.12 bits per heavy atom. The van der Waals surface area contributed by atoms with Gasteiger partial charge in [0, 0.05) is 24.2 Å². The number of benzene rings is 1. The lowest BCUT2D eigenvalue weighted by atomic mass is 9.89. The summed E-state index contributed by atoms with van der Waals surface area (Å²) in [5.74, 6) is 0.952. The van der Waals surface area contributed by atoms with Crippen LogP contribution in [0.2, 0.25) is 0 Å². The highest BCUT2D eigenvalue weighted by molar-refractivity contribution is 5.94. The van der Waals surface area contributed by atoms with Crippen molar-refractivity contribution in [3.63, 3.8) is 0 Å². The molecule has 26 heavy (non-hydrogen) atoms. The van der Waals surface area contributed by atoms with Crippen molar-refractivity contribution in [1.82, 2.24) is 10.6 Å². The van der Waals surface area contributed by atoms with E-state index in [0.29, 0.717) is 36.7 Å². The van der Waals surface area contributed by atoms with Crippen LogP contribution in [0.4, 0.5) is 5.69 Å². The van der Waals surface area contributed by atoms with Gasteiger partial charge in [0.25, 0.3) is 0 Å². The number of amides is 2. The van der Waals surface area contributed by atoms with Crippen LogP contribution in [0.15, 0.2) is 24.3 Å². The lowest BCUT2D eigenvalue weighted by molar-refractivity contribution is -0.125. The van der Waals surface area contributed by atoms with Crippen molar-refractivity contribution in [3.8, 4) is 5.75 Å². The van der Waals surface area contributed by atoms with Gasteiger partial charge < -0.3 is 20.7 Å². The van der Waals surface area contributed by atoms with Gasteiger partial charge in [0.1, 0.15) is 5.75 Å². The molecule has 2 unspecified atom stereocenters. The van der Waals surface area contributed by atoms with E-state index in [4.69, 9.17) is 4.74 Å². The van der Waals surface area contributed by atoms with E-state index in [2.05, 4.69) is 16.0 Å². The third-order valence-corrected chi connectivity index (χ3v) is 4.94. The quantitative estimate of drug-likeness (QED) is 0.678. The average molecular weight is 382 g/mol. The summed E-state index contributed by atoms with van der Waals surface area (Å²) in [5, 5.41) is 9.09. The van der Waals surface area contributed by atoms with E-state index in [0.717, 1.165) is 18.6 Å². The Labute approximate surface area is 160 Å². The second-order valence-electron chi connectivity index (χ2n) is 6.96. The number of fused-ring (bicyclic) bond motifs is 2. The van der Waals surface area contributed by atoms with Crippen LogP contribution >= 0.6 is 12.4 Å². The maximum atomic E-state index is 12.1. The zero-order valence-corrected chi connectivity index (χ0v) is 15.9. The van der Waals surface area contributed by atoms with Crippen molar-refractivity contribution in [3.05, 3.63) is 24.3 Å². The van der Waals surface area contributed by atoms with Gasteiger partial charge in [0.05, 0.1) is 13.2 Å². The Kier molecular flexibility index (Phi) is 7.72. The van der Waals surface area contributed by atoms with Crippen LogP contribution in [0, 0.1) is 5.92 Å². The molecule has 2 saturated heterocycles. The topological polar surface area (TPSA) is 79.5 Å². The van der Waals surface area contributed by atoms with E-state index in [9.17, 15) is 9.59 Å². The molecule has 3 N–H and O–H groups in total. The number of hydrogen-bond donors (Lipinski definition) is 3. The van der Waals surface area contributed by atoms with Crippen LogP contribution < -0.4 is 20.7 Å². The fourth-order valence-electron chi connectivity index (χ4n) is 3.86. The Hall–Kier alpha value is -1.79. The summed E-state index contributed by atoms with van der Waals surface area (Å²) >= 11 is 0. The molecular formula is C19H28ClN3O3. The number of ether oxygens (including phenoxy) is 1. The van der Waals surface area contributed by atoms with Gasteiger partial charge in [-0.2, -0.15) is 0 Å². The first-order valence-corrected chi connectivity index (χ1v) is 9.18. The second-order valence-corrected chi connectivity index (χ2v) is 6.96. The summed E-state index contributed by atoms with van der Waals surface area (Å²) in [7, 11) is 0. The van der Waals surface area contributed by atoms with Gasteiger partial charge in [-0.15, -0.1) is 12.4 Å². The molecule has 2 amide bonds. The van der Waals surface area contributed by atoms with Gasteiger partial charge in [0.2, 0.25) is 11.8 Å². The summed E-state index contributed by atoms with van der Waals surface area (Å²) in [5.41, 5.74) is 0.692. The lowest BCUT2D eigenvalue weighted by Crippen LogP contribution is -2.40. The summed E-state index contributed by atoms with van der Waals surface area (Å²) in [6.45, 7) is 2.53. The summed E-state index contributed by atoms with van der Waals surface area (Å²) in [6.07, 6.45) is 5.12. The Morgan fingerprint density at radius 2 is 1.77 bits per heavy atom. The van der Waals surface area contributed by atoms with Crippen molar-refractivity contribution in [1.29, 1.82) is 0 Å². The number of piperidine rings is 1. The third-order valence-electron chi connectivity index (χ3n) is 4.94. The number of halogens is 1. The highest BCUT2D eigenvalue weighted by Gasteiger charge is 2.34. The first kappa shape index (κ1) is 20.5. The average Bonchev–Trinajstić information content (AvgIpc) is 2.94. The fourth-order valence-corrected chi connectivity index (χ4v) is 3.86. The van der Waals surface area contributed by atoms with E-state index in [1.54, 1.807) is 12.1 Å². The molecule has 7 heteroatoms. The molecule has 0 spiro atoms.